The monoisotopic (exact) mass is 204 g/mol. The molecule has 0 bridgehead atoms. The van der Waals surface area contributed by atoms with Gasteiger partial charge >= 0.3 is 0 Å². The summed E-state index contributed by atoms with van der Waals surface area (Å²) in [4.78, 5) is 0. The highest BCUT2D eigenvalue weighted by molar-refractivity contribution is 5.22. The average Bonchev–Trinajstić information content (AvgIpc) is 3.01. The Bertz CT molecular complexity index is 341. The van der Waals surface area contributed by atoms with Crippen molar-refractivity contribution in [2.45, 2.75) is 26.1 Å². The molecule has 0 unspecified atom stereocenters. The van der Waals surface area contributed by atoms with E-state index in [0.29, 0.717) is 5.41 Å². The molecule has 2 aliphatic rings. The molecular weight excluding hydrogens is 188 g/mol. The number of ether oxygens (including phenoxy) is 2. The first kappa shape index (κ1) is 9.37. The summed E-state index contributed by atoms with van der Waals surface area (Å²) >= 11 is 0. The second kappa shape index (κ2) is 3.32. The molecule has 1 aliphatic carbocycles. The number of hydrogen-bond acceptors (Lipinski definition) is 2. The summed E-state index contributed by atoms with van der Waals surface area (Å²) in [5, 5.41) is 0. The van der Waals surface area contributed by atoms with Crippen LogP contribution in [0.25, 0.3) is 0 Å². The molecule has 0 atom stereocenters. The van der Waals surface area contributed by atoms with Gasteiger partial charge in [0.2, 0.25) is 0 Å². The van der Waals surface area contributed by atoms with Gasteiger partial charge in [0.05, 0.1) is 13.2 Å². The predicted molar refractivity (Wildman–Crippen MR) is 57.5 cm³/mol. The van der Waals surface area contributed by atoms with Crippen LogP contribution in [0.3, 0.4) is 0 Å². The van der Waals surface area contributed by atoms with E-state index < -0.39 is 0 Å². The first-order chi connectivity index (χ1) is 7.27. The van der Waals surface area contributed by atoms with E-state index in [4.69, 9.17) is 9.47 Å². The maximum atomic E-state index is 5.76. The van der Waals surface area contributed by atoms with Gasteiger partial charge in [-0.1, -0.05) is 29.8 Å². The highest BCUT2D eigenvalue weighted by Crippen LogP contribution is 2.50. The Labute approximate surface area is 90.2 Å². The molecule has 80 valence electrons. The molecule has 2 fully saturated rings. The normalized spacial score (nSPS) is 24.3. The molecule has 1 aliphatic heterocycles. The van der Waals surface area contributed by atoms with Gasteiger partial charge in [0.25, 0.3) is 0 Å². The van der Waals surface area contributed by atoms with Gasteiger partial charge in [-0.15, -0.1) is 0 Å². The smallest absolute Gasteiger partial charge is 0.183 e. The van der Waals surface area contributed by atoms with Crippen molar-refractivity contribution in [3.8, 4) is 0 Å². The lowest BCUT2D eigenvalue weighted by Gasteiger charge is -2.29. The van der Waals surface area contributed by atoms with Crippen LogP contribution < -0.4 is 0 Å². The third-order valence-electron chi connectivity index (χ3n) is 3.39. The van der Waals surface area contributed by atoms with Crippen molar-refractivity contribution in [1.82, 2.24) is 0 Å². The van der Waals surface area contributed by atoms with Crippen LogP contribution in [0.5, 0.6) is 0 Å². The van der Waals surface area contributed by atoms with E-state index in [1.807, 2.05) is 0 Å². The fraction of sp³-hybridized carbons (Fsp3) is 0.538. The number of aryl methyl sites for hydroxylation is 1. The molecule has 1 aromatic carbocycles. The summed E-state index contributed by atoms with van der Waals surface area (Å²) in [6, 6.07) is 8.38. The maximum absolute atomic E-state index is 5.76. The standard InChI is InChI=1S/C13H16O2/c1-10-2-4-11(5-3-10)12-14-8-13(6-7-13)9-15-12/h2-5,12H,6-9H2,1H3. The molecule has 1 saturated heterocycles. The van der Waals surface area contributed by atoms with E-state index in [1.54, 1.807) is 0 Å². The Morgan fingerprint density at radius 3 is 2.20 bits per heavy atom. The molecule has 2 heteroatoms. The molecule has 1 aromatic rings. The minimum atomic E-state index is -0.142. The van der Waals surface area contributed by atoms with Crippen molar-refractivity contribution in [2.75, 3.05) is 13.2 Å². The highest BCUT2D eigenvalue weighted by atomic mass is 16.7. The van der Waals surface area contributed by atoms with Crippen LogP contribution in [-0.4, -0.2) is 13.2 Å². The van der Waals surface area contributed by atoms with Crippen molar-refractivity contribution in [2.24, 2.45) is 5.41 Å². The molecule has 0 N–H and O–H groups in total. The van der Waals surface area contributed by atoms with Gasteiger partial charge in [0, 0.05) is 11.0 Å². The summed E-state index contributed by atoms with van der Waals surface area (Å²) in [7, 11) is 0. The van der Waals surface area contributed by atoms with Gasteiger partial charge in [-0.05, 0) is 19.8 Å². The average molecular weight is 204 g/mol. The zero-order valence-corrected chi connectivity index (χ0v) is 9.03. The van der Waals surface area contributed by atoms with Gasteiger partial charge in [-0.2, -0.15) is 0 Å². The lowest BCUT2D eigenvalue weighted by atomic mass is 10.1. The van der Waals surface area contributed by atoms with Crippen molar-refractivity contribution >= 4 is 0 Å². The van der Waals surface area contributed by atoms with Crippen LogP contribution in [0.1, 0.15) is 30.3 Å². The molecule has 0 radical (unpaired) electrons. The summed E-state index contributed by atoms with van der Waals surface area (Å²) in [5.41, 5.74) is 2.80. The molecule has 15 heavy (non-hydrogen) atoms. The lowest BCUT2D eigenvalue weighted by Crippen LogP contribution is -2.28. The molecular formula is C13H16O2. The molecule has 1 spiro atoms. The Hall–Kier alpha value is -0.860. The largest absolute Gasteiger partial charge is 0.348 e. The fourth-order valence-corrected chi connectivity index (χ4v) is 1.98. The van der Waals surface area contributed by atoms with Crippen molar-refractivity contribution in [1.29, 1.82) is 0 Å². The highest BCUT2D eigenvalue weighted by Gasteiger charge is 2.47. The zero-order valence-electron chi connectivity index (χ0n) is 9.03. The first-order valence-electron chi connectivity index (χ1n) is 5.57. The molecule has 1 heterocycles. The van der Waals surface area contributed by atoms with Crippen molar-refractivity contribution < 1.29 is 9.47 Å². The van der Waals surface area contributed by atoms with E-state index in [-0.39, 0.29) is 6.29 Å². The topological polar surface area (TPSA) is 18.5 Å². The minimum absolute atomic E-state index is 0.142. The maximum Gasteiger partial charge on any atom is 0.183 e. The molecule has 2 nitrogen and oxygen atoms in total. The van der Waals surface area contributed by atoms with Crippen LogP contribution in [0.4, 0.5) is 0 Å². The van der Waals surface area contributed by atoms with Crippen LogP contribution in [0.2, 0.25) is 0 Å². The SMILES string of the molecule is Cc1ccc(C2OCC3(CC3)CO2)cc1. The Balaban J connectivity index is 1.70. The van der Waals surface area contributed by atoms with E-state index in [2.05, 4.69) is 31.2 Å². The molecule has 0 amide bonds. The van der Waals surface area contributed by atoms with Crippen molar-refractivity contribution in [3.63, 3.8) is 0 Å². The van der Waals surface area contributed by atoms with Gasteiger partial charge in [-0.3, -0.25) is 0 Å². The second-order valence-corrected chi connectivity index (χ2v) is 4.86. The second-order valence-electron chi connectivity index (χ2n) is 4.86. The number of benzene rings is 1. The van der Waals surface area contributed by atoms with Gasteiger partial charge in [-0.25, -0.2) is 0 Å². The summed E-state index contributed by atoms with van der Waals surface area (Å²) in [5.74, 6) is 0. The van der Waals surface area contributed by atoms with Crippen LogP contribution in [0, 0.1) is 12.3 Å². The Kier molecular flexibility index (Phi) is 2.08. The van der Waals surface area contributed by atoms with Gasteiger partial charge < -0.3 is 9.47 Å². The first-order valence-corrected chi connectivity index (χ1v) is 5.57. The third kappa shape index (κ3) is 1.80. The predicted octanol–water partition coefficient (Wildman–Crippen LogP) is 2.82. The van der Waals surface area contributed by atoms with Crippen LogP contribution >= 0.6 is 0 Å². The summed E-state index contributed by atoms with van der Waals surface area (Å²) in [6.07, 6.45) is 2.40. The fourth-order valence-electron chi connectivity index (χ4n) is 1.98. The third-order valence-corrected chi connectivity index (χ3v) is 3.39. The summed E-state index contributed by atoms with van der Waals surface area (Å²) < 4.78 is 11.5. The number of hydrogen-bond donors (Lipinski definition) is 0. The molecule has 3 rings (SSSR count). The minimum Gasteiger partial charge on any atom is -0.348 e. The Morgan fingerprint density at radius 2 is 1.67 bits per heavy atom. The van der Waals surface area contributed by atoms with Gasteiger partial charge in [0.15, 0.2) is 6.29 Å². The Morgan fingerprint density at radius 1 is 1.07 bits per heavy atom. The van der Waals surface area contributed by atoms with Crippen LogP contribution in [0.15, 0.2) is 24.3 Å². The lowest BCUT2D eigenvalue weighted by molar-refractivity contribution is -0.212. The van der Waals surface area contributed by atoms with Gasteiger partial charge in [0.1, 0.15) is 0 Å². The van der Waals surface area contributed by atoms with E-state index >= 15 is 0 Å². The van der Waals surface area contributed by atoms with Crippen LogP contribution in [-0.2, 0) is 9.47 Å². The molecule has 1 saturated carbocycles. The molecule has 0 aromatic heterocycles. The quantitative estimate of drug-likeness (QED) is 0.700. The zero-order chi connectivity index (χ0) is 10.3. The van der Waals surface area contributed by atoms with E-state index in [9.17, 15) is 0 Å². The van der Waals surface area contributed by atoms with Crippen molar-refractivity contribution in [3.05, 3.63) is 35.4 Å². The number of rotatable bonds is 1. The van der Waals surface area contributed by atoms with E-state index in [1.165, 1.54) is 18.4 Å². The summed E-state index contributed by atoms with van der Waals surface area (Å²) in [6.45, 7) is 3.82. The van der Waals surface area contributed by atoms with E-state index in [0.717, 1.165) is 18.8 Å².